The van der Waals surface area contributed by atoms with E-state index in [0.717, 1.165) is 5.56 Å². The molecule has 0 amide bonds. The van der Waals surface area contributed by atoms with Crippen LogP contribution in [-0.2, 0) is 0 Å². The summed E-state index contributed by atoms with van der Waals surface area (Å²) in [4.78, 5) is 0. The summed E-state index contributed by atoms with van der Waals surface area (Å²) in [7, 11) is 0. The molecule has 0 heterocycles. The number of benzene rings is 1. The SMILES string of the molecule is CC([N+][N])c1ccc(Cl)cc1. The predicted octanol–water partition coefficient (Wildman–Crippen LogP) is 1.99. The van der Waals surface area contributed by atoms with Crippen LogP contribution in [0.4, 0.5) is 0 Å². The molecule has 0 fully saturated rings. The van der Waals surface area contributed by atoms with E-state index in [1.165, 1.54) is 0 Å². The Bertz CT molecular complexity index is 220. The molecule has 0 bridgehead atoms. The van der Waals surface area contributed by atoms with Crippen LogP contribution in [0.25, 0.3) is 0 Å². The first kappa shape index (κ1) is 8.53. The Kier molecular flexibility index (Phi) is 2.88. The molecule has 0 aliphatic rings. The molecular formula is C8H8ClN2+. The van der Waals surface area contributed by atoms with Crippen LogP contribution < -0.4 is 11.3 Å². The van der Waals surface area contributed by atoms with E-state index in [1.807, 2.05) is 19.1 Å². The molecule has 4 radical (unpaired) electrons. The summed E-state index contributed by atoms with van der Waals surface area (Å²) in [5.74, 6) is 8.45. The molecule has 2 nitrogen and oxygen atoms in total. The largest absolute Gasteiger partial charge is 0.265 e. The van der Waals surface area contributed by atoms with Gasteiger partial charge in [-0.05, 0) is 12.1 Å². The Balaban J connectivity index is 2.81. The average Bonchev–Trinajstić information content (AvgIpc) is 2.05. The van der Waals surface area contributed by atoms with Crippen LogP contribution in [0.15, 0.2) is 24.3 Å². The standard InChI is InChI=1S/C8H8ClN2/c1-6(11-10)7-2-4-8(9)5-3-7/h2-6H,1H3/q+1. The van der Waals surface area contributed by atoms with Crippen LogP contribution in [-0.4, -0.2) is 0 Å². The second kappa shape index (κ2) is 3.72. The highest BCUT2D eigenvalue weighted by Crippen LogP contribution is 2.15. The summed E-state index contributed by atoms with van der Waals surface area (Å²) in [5, 5.41) is 0.693. The fourth-order valence-electron chi connectivity index (χ4n) is 0.808. The Morgan fingerprint density at radius 2 is 1.91 bits per heavy atom. The minimum atomic E-state index is -0.174. The third-order valence-corrected chi connectivity index (χ3v) is 1.78. The Hall–Kier alpha value is -0.570. The minimum Gasteiger partial charge on any atom is -0.0843 e. The van der Waals surface area contributed by atoms with Crippen LogP contribution in [0.2, 0.25) is 5.02 Å². The quantitative estimate of drug-likeness (QED) is 0.605. The molecule has 1 aromatic carbocycles. The maximum atomic E-state index is 8.45. The van der Waals surface area contributed by atoms with Gasteiger partial charge >= 0.3 is 0 Å². The molecule has 1 rings (SSSR count). The zero-order chi connectivity index (χ0) is 8.27. The molecule has 0 aromatic heterocycles. The third-order valence-electron chi connectivity index (χ3n) is 1.53. The van der Waals surface area contributed by atoms with Crippen molar-refractivity contribution >= 4 is 11.6 Å². The first-order valence-electron chi connectivity index (χ1n) is 3.33. The number of halogens is 1. The first-order chi connectivity index (χ1) is 5.24. The van der Waals surface area contributed by atoms with E-state index < -0.39 is 0 Å². The fraction of sp³-hybridized carbons (Fsp3) is 0.250. The monoisotopic (exact) mass is 167 g/mol. The molecular weight excluding hydrogens is 160 g/mol. The van der Waals surface area contributed by atoms with Gasteiger partial charge < -0.3 is 0 Å². The summed E-state index contributed by atoms with van der Waals surface area (Å²) < 4.78 is 0. The Morgan fingerprint density at radius 1 is 1.36 bits per heavy atom. The maximum Gasteiger partial charge on any atom is 0.265 e. The zero-order valence-electron chi connectivity index (χ0n) is 6.16. The molecule has 3 heteroatoms. The van der Waals surface area contributed by atoms with Crippen molar-refractivity contribution in [2.45, 2.75) is 13.0 Å². The van der Waals surface area contributed by atoms with Gasteiger partial charge in [0, 0.05) is 17.5 Å². The van der Waals surface area contributed by atoms with Crippen LogP contribution in [0, 0.1) is 0 Å². The van der Waals surface area contributed by atoms with Gasteiger partial charge in [-0.25, -0.2) is 0 Å². The molecule has 1 aromatic rings. The van der Waals surface area contributed by atoms with Gasteiger partial charge in [-0.15, -0.1) is 0 Å². The van der Waals surface area contributed by atoms with E-state index in [4.69, 9.17) is 17.4 Å². The van der Waals surface area contributed by atoms with Crippen molar-refractivity contribution in [2.24, 2.45) is 0 Å². The van der Waals surface area contributed by atoms with Crippen molar-refractivity contribution in [3.8, 4) is 0 Å². The normalized spacial score (nSPS) is 13.0. The van der Waals surface area contributed by atoms with E-state index in [-0.39, 0.29) is 6.04 Å². The minimum absolute atomic E-state index is 0.174. The number of hydrogen-bond acceptors (Lipinski definition) is 0. The van der Waals surface area contributed by atoms with Crippen molar-refractivity contribution in [3.63, 3.8) is 0 Å². The first-order valence-corrected chi connectivity index (χ1v) is 3.71. The summed E-state index contributed by atoms with van der Waals surface area (Å²) in [6.45, 7) is 1.81. The molecule has 0 aliphatic heterocycles. The van der Waals surface area contributed by atoms with Gasteiger partial charge in [-0.3, -0.25) is 0 Å². The van der Waals surface area contributed by atoms with Crippen LogP contribution in [0.5, 0.6) is 0 Å². The van der Waals surface area contributed by atoms with Crippen molar-refractivity contribution in [3.05, 3.63) is 34.9 Å². The van der Waals surface area contributed by atoms with Gasteiger partial charge in [-0.2, -0.15) is 0 Å². The summed E-state index contributed by atoms with van der Waals surface area (Å²) in [6, 6.07) is 7.06. The molecule has 0 N–H and O–H groups in total. The lowest BCUT2D eigenvalue weighted by atomic mass is 10.1. The average molecular weight is 168 g/mol. The Morgan fingerprint density at radius 3 is 2.36 bits per heavy atom. The van der Waals surface area contributed by atoms with E-state index in [1.54, 1.807) is 12.1 Å². The maximum absolute atomic E-state index is 8.45. The highest BCUT2D eigenvalue weighted by molar-refractivity contribution is 6.30. The third kappa shape index (κ3) is 2.19. The van der Waals surface area contributed by atoms with Gasteiger partial charge in [0.15, 0.2) is 0 Å². The molecule has 0 aliphatic carbocycles. The van der Waals surface area contributed by atoms with Gasteiger partial charge in [0.2, 0.25) is 11.5 Å². The molecule has 0 saturated heterocycles. The lowest BCUT2D eigenvalue weighted by Gasteiger charge is -1.95. The van der Waals surface area contributed by atoms with Crippen molar-refractivity contribution in [1.82, 2.24) is 11.3 Å². The van der Waals surface area contributed by atoms with Gasteiger partial charge in [-0.1, -0.05) is 23.7 Å². The molecule has 0 spiro atoms. The molecule has 1 atom stereocenters. The van der Waals surface area contributed by atoms with Gasteiger partial charge in [0.25, 0.3) is 5.84 Å². The van der Waals surface area contributed by atoms with Gasteiger partial charge in [0.05, 0.1) is 0 Å². The second-order valence-electron chi connectivity index (χ2n) is 2.34. The summed E-state index contributed by atoms with van der Waals surface area (Å²) >= 11 is 5.67. The van der Waals surface area contributed by atoms with Gasteiger partial charge in [0.1, 0.15) is 0 Å². The van der Waals surface area contributed by atoms with Crippen LogP contribution in [0.3, 0.4) is 0 Å². The van der Waals surface area contributed by atoms with Crippen molar-refractivity contribution < 1.29 is 0 Å². The fourth-order valence-corrected chi connectivity index (χ4v) is 0.934. The highest BCUT2D eigenvalue weighted by atomic mass is 35.5. The van der Waals surface area contributed by atoms with E-state index in [2.05, 4.69) is 5.43 Å². The van der Waals surface area contributed by atoms with E-state index in [0.29, 0.717) is 5.02 Å². The topological polar surface area (TPSA) is 36.4 Å². The van der Waals surface area contributed by atoms with Crippen LogP contribution in [0.1, 0.15) is 18.5 Å². The summed E-state index contributed by atoms with van der Waals surface area (Å²) in [5.41, 5.74) is 4.10. The van der Waals surface area contributed by atoms with Crippen molar-refractivity contribution in [2.75, 3.05) is 0 Å². The predicted molar refractivity (Wildman–Crippen MR) is 44.1 cm³/mol. The van der Waals surface area contributed by atoms with E-state index in [9.17, 15) is 0 Å². The molecule has 1 unspecified atom stereocenters. The number of nitrogens with zero attached hydrogens (tertiary/aromatic N) is 2. The molecule has 56 valence electrons. The number of hydrogen-bond donors (Lipinski definition) is 0. The molecule has 0 saturated carbocycles. The van der Waals surface area contributed by atoms with Crippen LogP contribution >= 0.6 is 11.6 Å². The highest BCUT2D eigenvalue weighted by Gasteiger charge is 2.16. The molecule has 11 heavy (non-hydrogen) atoms. The Labute approximate surface area is 71.3 Å². The van der Waals surface area contributed by atoms with E-state index >= 15 is 0 Å². The zero-order valence-corrected chi connectivity index (χ0v) is 6.92. The van der Waals surface area contributed by atoms with Crippen molar-refractivity contribution in [1.29, 1.82) is 0 Å². The lowest BCUT2D eigenvalue weighted by molar-refractivity contribution is 0.570. The smallest absolute Gasteiger partial charge is 0.0843 e. The number of rotatable bonds is 2. The summed E-state index contributed by atoms with van der Waals surface area (Å²) in [6.07, 6.45) is 0. The second-order valence-corrected chi connectivity index (χ2v) is 2.78. The lowest BCUT2D eigenvalue weighted by Crippen LogP contribution is -2.07.